The first-order chi connectivity index (χ1) is 10.8. The molecule has 0 aliphatic carbocycles. The van der Waals surface area contributed by atoms with E-state index in [1.165, 1.54) is 0 Å². The molecule has 0 bridgehead atoms. The van der Waals surface area contributed by atoms with Crippen molar-refractivity contribution in [2.75, 3.05) is 7.11 Å². The van der Waals surface area contributed by atoms with Gasteiger partial charge in [-0.3, -0.25) is 0 Å². The number of aromatic nitrogens is 3. The van der Waals surface area contributed by atoms with Crippen LogP contribution in [0.5, 0.6) is 5.75 Å². The number of methoxy groups -OCH3 is 1. The van der Waals surface area contributed by atoms with Crippen molar-refractivity contribution in [1.29, 1.82) is 0 Å². The van der Waals surface area contributed by atoms with Gasteiger partial charge in [-0.2, -0.15) is 14.9 Å². The molecule has 0 saturated carbocycles. The number of rotatable bonds is 4. The van der Waals surface area contributed by atoms with Crippen LogP contribution in [0.1, 0.15) is 5.56 Å². The van der Waals surface area contributed by atoms with Crippen LogP contribution in [0.25, 0.3) is 11.4 Å². The molecule has 3 rings (SSSR count). The fourth-order valence-corrected chi connectivity index (χ4v) is 2.17. The Kier molecular flexibility index (Phi) is 4.11. The molecule has 0 saturated heterocycles. The Morgan fingerprint density at radius 2 is 1.86 bits per heavy atom. The lowest BCUT2D eigenvalue weighted by molar-refractivity contribution is 0.415. The fourth-order valence-electron chi connectivity index (χ4n) is 1.99. The highest BCUT2D eigenvalue weighted by Gasteiger charge is 2.06. The first kappa shape index (κ1) is 14.2. The number of H-pyrrole nitrogens is 1. The Hall–Kier alpha value is -2.73. The van der Waals surface area contributed by atoms with Gasteiger partial charge < -0.3 is 4.74 Å². The Labute approximate surface area is 132 Å². The highest BCUT2D eigenvalue weighted by Crippen LogP contribution is 2.16. The molecule has 1 heterocycles. The van der Waals surface area contributed by atoms with Crippen LogP contribution in [0.3, 0.4) is 0 Å². The number of nitrogens with one attached hydrogen (secondary N) is 1. The lowest BCUT2D eigenvalue weighted by atomic mass is 10.2. The highest BCUT2D eigenvalue weighted by molar-refractivity contribution is 7.71. The summed E-state index contributed by atoms with van der Waals surface area (Å²) in [4.78, 5) is 0. The van der Waals surface area contributed by atoms with Gasteiger partial charge in [-0.25, -0.2) is 5.10 Å². The molecule has 3 aromatic rings. The van der Waals surface area contributed by atoms with Gasteiger partial charge in [0.15, 0.2) is 5.82 Å². The van der Waals surface area contributed by atoms with E-state index >= 15 is 0 Å². The van der Waals surface area contributed by atoms with E-state index in [1.54, 1.807) is 18.0 Å². The minimum absolute atomic E-state index is 0.448. The van der Waals surface area contributed by atoms with E-state index in [2.05, 4.69) is 15.3 Å². The van der Waals surface area contributed by atoms with Crippen LogP contribution >= 0.6 is 12.2 Å². The third-order valence-electron chi connectivity index (χ3n) is 3.12. The standard InChI is InChI=1S/C16H14N4OS/c1-21-14-9-7-12(8-10-14)11-17-20-15(18-19-16(20)22)13-5-3-2-4-6-13/h2-11H,1H3,(H,19,22)/b17-11-. The molecule has 0 spiro atoms. The zero-order valence-electron chi connectivity index (χ0n) is 11.9. The Morgan fingerprint density at radius 1 is 1.14 bits per heavy atom. The first-order valence-corrected chi connectivity index (χ1v) is 7.10. The molecule has 0 fully saturated rings. The molecule has 0 unspecified atom stereocenters. The molecule has 1 N–H and O–H groups in total. The van der Waals surface area contributed by atoms with Gasteiger partial charge in [-0.1, -0.05) is 30.3 Å². The Bertz CT molecular complexity index is 835. The summed E-state index contributed by atoms with van der Waals surface area (Å²) in [5.74, 6) is 1.48. The number of ether oxygens (including phenoxy) is 1. The lowest BCUT2D eigenvalue weighted by Gasteiger charge is -2.01. The number of benzene rings is 2. The van der Waals surface area contributed by atoms with E-state index in [0.717, 1.165) is 16.9 Å². The molecule has 2 aromatic carbocycles. The van der Waals surface area contributed by atoms with Crippen molar-refractivity contribution in [3.63, 3.8) is 0 Å². The molecule has 0 aliphatic rings. The number of hydrogen-bond acceptors (Lipinski definition) is 4. The van der Waals surface area contributed by atoms with Crippen molar-refractivity contribution in [1.82, 2.24) is 14.9 Å². The monoisotopic (exact) mass is 310 g/mol. The number of nitrogens with zero attached hydrogens (tertiary/aromatic N) is 3. The minimum atomic E-state index is 0.448. The predicted molar refractivity (Wildman–Crippen MR) is 88.8 cm³/mol. The van der Waals surface area contributed by atoms with E-state index in [9.17, 15) is 0 Å². The molecule has 0 amide bonds. The summed E-state index contributed by atoms with van der Waals surface area (Å²) in [5, 5.41) is 11.4. The number of hydrogen-bond donors (Lipinski definition) is 1. The van der Waals surface area contributed by atoms with E-state index < -0.39 is 0 Å². The molecule has 0 aliphatic heterocycles. The quantitative estimate of drug-likeness (QED) is 0.593. The van der Waals surface area contributed by atoms with Crippen LogP contribution < -0.4 is 4.74 Å². The molecular weight excluding hydrogens is 296 g/mol. The second-order valence-corrected chi connectivity index (χ2v) is 4.93. The summed E-state index contributed by atoms with van der Waals surface area (Å²) in [6, 6.07) is 17.4. The van der Waals surface area contributed by atoms with Crippen molar-refractivity contribution in [2.24, 2.45) is 5.10 Å². The molecule has 110 valence electrons. The van der Waals surface area contributed by atoms with Gasteiger partial charge in [0, 0.05) is 5.56 Å². The van der Waals surface area contributed by atoms with Crippen LogP contribution in [-0.4, -0.2) is 28.2 Å². The smallest absolute Gasteiger partial charge is 0.216 e. The maximum atomic E-state index is 5.24. The van der Waals surface area contributed by atoms with Crippen LogP contribution in [-0.2, 0) is 0 Å². The van der Waals surface area contributed by atoms with Crippen molar-refractivity contribution in [3.05, 3.63) is 64.9 Å². The molecule has 22 heavy (non-hydrogen) atoms. The Morgan fingerprint density at radius 3 is 2.55 bits per heavy atom. The third kappa shape index (κ3) is 2.96. The number of aromatic amines is 1. The van der Waals surface area contributed by atoms with E-state index in [4.69, 9.17) is 17.0 Å². The molecule has 0 atom stereocenters. The largest absolute Gasteiger partial charge is 0.497 e. The summed E-state index contributed by atoms with van der Waals surface area (Å²) in [6.07, 6.45) is 1.73. The molecule has 5 nitrogen and oxygen atoms in total. The summed E-state index contributed by atoms with van der Waals surface area (Å²) < 4.78 is 7.19. The zero-order valence-corrected chi connectivity index (χ0v) is 12.7. The van der Waals surface area contributed by atoms with E-state index in [-0.39, 0.29) is 0 Å². The van der Waals surface area contributed by atoms with Gasteiger partial charge in [0.1, 0.15) is 5.75 Å². The topological polar surface area (TPSA) is 55.2 Å². The Balaban J connectivity index is 1.93. The van der Waals surface area contributed by atoms with Crippen LogP contribution in [0.2, 0.25) is 0 Å². The average molecular weight is 310 g/mol. The van der Waals surface area contributed by atoms with Gasteiger partial charge in [0.25, 0.3) is 0 Å². The lowest BCUT2D eigenvalue weighted by Crippen LogP contribution is -1.95. The van der Waals surface area contributed by atoms with Crippen molar-refractivity contribution < 1.29 is 4.74 Å². The molecule has 1 aromatic heterocycles. The van der Waals surface area contributed by atoms with Crippen LogP contribution in [0.4, 0.5) is 0 Å². The van der Waals surface area contributed by atoms with E-state index in [0.29, 0.717) is 10.6 Å². The summed E-state index contributed by atoms with van der Waals surface area (Å²) in [5.41, 5.74) is 1.89. The SMILES string of the molecule is COc1ccc(/C=N\n2c(-c3ccccc3)n[nH]c2=S)cc1. The second-order valence-electron chi connectivity index (χ2n) is 4.55. The fraction of sp³-hybridized carbons (Fsp3) is 0.0625. The van der Waals surface area contributed by atoms with Crippen molar-refractivity contribution in [3.8, 4) is 17.1 Å². The van der Waals surface area contributed by atoms with Crippen molar-refractivity contribution >= 4 is 18.4 Å². The van der Waals surface area contributed by atoms with Gasteiger partial charge in [0.05, 0.1) is 13.3 Å². The van der Waals surface area contributed by atoms with Crippen LogP contribution in [0, 0.1) is 4.77 Å². The molecule has 6 heteroatoms. The highest BCUT2D eigenvalue weighted by atomic mass is 32.1. The maximum Gasteiger partial charge on any atom is 0.216 e. The van der Waals surface area contributed by atoms with Gasteiger partial charge in [-0.05, 0) is 42.0 Å². The van der Waals surface area contributed by atoms with Crippen molar-refractivity contribution in [2.45, 2.75) is 0 Å². The minimum Gasteiger partial charge on any atom is -0.497 e. The van der Waals surface area contributed by atoms with Gasteiger partial charge in [-0.15, -0.1) is 0 Å². The average Bonchev–Trinajstić information content (AvgIpc) is 2.95. The predicted octanol–water partition coefficient (Wildman–Crippen LogP) is 3.50. The van der Waals surface area contributed by atoms with Gasteiger partial charge in [0.2, 0.25) is 4.77 Å². The normalized spacial score (nSPS) is 11.0. The molecular formula is C16H14N4OS. The van der Waals surface area contributed by atoms with Gasteiger partial charge >= 0.3 is 0 Å². The summed E-state index contributed by atoms with van der Waals surface area (Å²) in [6.45, 7) is 0. The summed E-state index contributed by atoms with van der Waals surface area (Å²) in [7, 11) is 1.64. The first-order valence-electron chi connectivity index (χ1n) is 6.69. The summed E-state index contributed by atoms with van der Waals surface area (Å²) >= 11 is 5.24. The third-order valence-corrected chi connectivity index (χ3v) is 3.38. The van der Waals surface area contributed by atoms with Crippen LogP contribution in [0.15, 0.2) is 59.7 Å². The van der Waals surface area contributed by atoms with E-state index in [1.807, 2.05) is 54.6 Å². The maximum absolute atomic E-state index is 5.24. The zero-order chi connectivity index (χ0) is 15.4. The molecule has 0 radical (unpaired) electrons. The second kappa shape index (κ2) is 6.36.